The first-order valence-corrected chi connectivity index (χ1v) is 10.0. The lowest BCUT2D eigenvalue weighted by molar-refractivity contribution is -0.131. The number of nitrogens with zero attached hydrogens (tertiary/aromatic N) is 1. The summed E-state index contributed by atoms with van der Waals surface area (Å²) in [6.07, 6.45) is 0.697. The number of amides is 1. The Bertz CT molecular complexity index is 929. The molecule has 3 rings (SSSR count). The minimum Gasteiger partial charge on any atom is -0.493 e. The second-order valence-electron chi connectivity index (χ2n) is 8.56. The molecule has 30 heavy (non-hydrogen) atoms. The number of pyridine rings is 1. The number of hydrogen-bond acceptors (Lipinski definition) is 4. The number of aromatic nitrogens is 1. The Morgan fingerprint density at radius 1 is 1.23 bits per heavy atom. The van der Waals surface area contributed by atoms with Crippen LogP contribution in [-0.4, -0.2) is 29.7 Å². The van der Waals surface area contributed by atoms with Crippen LogP contribution in [0, 0.1) is 17.6 Å². The molecule has 1 saturated heterocycles. The Balaban J connectivity index is 1.94. The number of halogens is 2. The summed E-state index contributed by atoms with van der Waals surface area (Å²) >= 11 is 0. The van der Waals surface area contributed by atoms with E-state index < -0.39 is 29.3 Å². The Hall–Kier alpha value is -2.54. The number of rotatable bonds is 5. The Morgan fingerprint density at radius 3 is 2.50 bits per heavy atom. The molecule has 5 nitrogen and oxygen atoms in total. The molecule has 0 spiro atoms. The molecule has 2 heterocycles. The number of nitrogens with one attached hydrogen (secondary N) is 1. The zero-order chi connectivity index (χ0) is 22.2. The van der Waals surface area contributed by atoms with Crippen molar-refractivity contribution in [2.45, 2.75) is 58.2 Å². The van der Waals surface area contributed by atoms with Crippen LogP contribution in [0.3, 0.4) is 0 Å². The second kappa shape index (κ2) is 8.30. The van der Waals surface area contributed by atoms with Crippen LogP contribution < -0.4 is 10.1 Å². The molecule has 1 fully saturated rings. The highest BCUT2D eigenvalue weighted by Crippen LogP contribution is 2.49. The van der Waals surface area contributed by atoms with Gasteiger partial charge in [0.05, 0.1) is 24.6 Å². The van der Waals surface area contributed by atoms with E-state index in [9.17, 15) is 13.6 Å². The van der Waals surface area contributed by atoms with Crippen molar-refractivity contribution >= 4 is 11.6 Å². The van der Waals surface area contributed by atoms with Crippen molar-refractivity contribution in [3.63, 3.8) is 0 Å². The number of carbonyl (C=O) groups is 1. The third-order valence-electron chi connectivity index (χ3n) is 5.94. The van der Waals surface area contributed by atoms with Gasteiger partial charge in [-0.25, -0.2) is 4.39 Å². The highest BCUT2D eigenvalue weighted by molar-refractivity contribution is 5.95. The van der Waals surface area contributed by atoms with Gasteiger partial charge in [0.2, 0.25) is 5.82 Å². The van der Waals surface area contributed by atoms with E-state index in [4.69, 9.17) is 9.47 Å². The van der Waals surface area contributed by atoms with E-state index in [-0.39, 0.29) is 23.5 Å². The van der Waals surface area contributed by atoms with Gasteiger partial charge in [-0.15, -0.1) is 0 Å². The maximum absolute atomic E-state index is 14.4. The monoisotopic (exact) mass is 418 g/mol. The average Bonchev–Trinajstić information content (AvgIpc) is 2.94. The molecule has 0 radical (unpaired) electrons. The lowest BCUT2D eigenvalue weighted by Crippen LogP contribution is -2.33. The summed E-state index contributed by atoms with van der Waals surface area (Å²) in [5, 5.41) is 2.84. The second-order valence-corrected chi connectivity index (χ2v) is 8.56. The van der Waals surface area contributed by atoms with Gasteiger partial charge < -0.3 is 14.8 Å². The van der Waals surface area contributed by atoms with Crippen molar-refractivity contribution in [2.24, 2.45) is 5.92 Å². The molecule has 0 bridgehead atoms. The summed E-state index contributed by atoms with van der Waals surface area (Å²) in [6, 6.07) is 6.16. The molecule has 3 atom stereocenters. The number of benzene rings is 1. The fraction of sp³-hybridized carbons (Fsp3) is 0.478. The topological polar surface area (TPSA) is 60.5 Å². The zero-order valence-electron chi connectivity index (χ0n) is 18.1. The predicted octanol–water partition coefficient (Wildman–Crippen LogP) is 5.03. The van der Waals surface area contributed by atoms with Crippen molar-refractivity contribution < 1.29 is 23.0 Å². The van der Waals surface area contributed by atoms with Gasteiger partial charge in [-0.2, -0.15) is 4.39 Å². The number of hydrogen-bond donors (Lipinski definition) is 1. The van der Waals surface area contributed by atoms with Crippen molar-refractivity contribution in [1.29, 1.82) is 0 Å². The molecule has 1 aromatic carbocycles. The lowest BCUT2D eigenvalue weighted by Gasteiger charge is -2.25. The van der Waals surface area contributed by atoms with Gasteiger partial charge in [-0.1, -0.05) is 26.8 Å². The van der Waals surface area contributed by atoms with Crippen LogP contribution in [0.15, 0.2) is 30.5 Å². The van der Waals surface area contributed by atoms with E-state index >= 15 is 0 Å². The normalized spacial score (nSPS) is 22.9. The van der Waals surface area contributed by atoms with E-state index in [1.54, 1.807) is 12.3 Å². The first-order chi connectivity index (χ1) is 14.1. The van der Waals surface area contributed by atoms with Crippen LogP contribution in [0.1, 0.15) is 57.7 Å². The first-order valence-electron chi connectivity index (χ1n) is 10.0. The van der Waals surface area contributed by atoms with Gasteiger partial charge in [0.15, 0.2) is 11.6 Å². The fourth-order valence-electron chi connectivity index (χ4n) is 3.90. The van der Waals surface area contributed by atoms with Gasteiger partial charge >= 0.3 is 0 Å². The maximum atomic E-state index is 14.4. The largest absolute Gasteiger partial charge is 0.493 e. The summed E-state index contributed by atoms with van der Waals surface area (Å²) < 4.78 is 39.4. The average molecular weight is 418 g/mol. The molecule has 0 saturated carbocycles. The number of anilines is 1. The zero-order valence-corrected chi connectivity index (χ0v) is 18.1. The molecular weight excluding hydrogens is 390 g/mol. The molecule has 1 aliphatic rings. The summed E-state index contributed by atoms with van der Waals surface area (Å²) in [5.74, 6) is -3.04. The Labute approximate surface area is 175 Å². The number of methoxy groups -OCH3 is 1. The SMILES string of the molecule is COc1c([C@H]2[C@H](C(=O)Nc3ccc(C(C)C)nc3)OC(C)(C)[C@H]2C)ccc(F)c1F. The summed E-state index contributed by atoms with van der Waals surface area (Å²) in [7, 11) is 1.28. The van der Waals surface area contributed by atoms with Gasteiger partial charge in [-0.05, 0) is 43.9 Å². The molecular formula is C23H28F2N2O3. The maximum Gasteiger partial charge on any atom is 0.254 e. The number of ether oxygens (including phenoxy) is 2. The highest BCUT2D eigenvalue weighted by Gasteiger charge is 2.51. The molecule has 162 valence electrons. The molecule has 1 aromatic heterocycles. The fourth-order valence-corrected chi connectivity index (χ4v) is 3.90. The van der Waals surface area contributed by atoms with E-state index in [1.807, 2.05) is 40.7 Å². The van der Waals surface area contributed by atoms with Gasteiger partial charge in [0.1, 0.15) is 6.10 Å². The standard InChI is InChI=1S/C23H28F2N2O3/c1-12(2)17-10-7-14(11-26-17)27-22(28)21-18(13(3)23(4,5)30-21)15-8-9-16(24)19(25)20(15)29-6/h7-13,18,21H,1-6H3,(H,27,28)/t13-,18-,21+/m0/s1. The summed E-state index contributed by atoms with van der Waals surface area (Å²) in [5.41, 5.74) is 1.22. The van der Waals surface area contributed by atoms with Gasteiger partial charge in [-0.3, -0.25) is 9.78 Å². The lowest BCUT2D eigenvalue weighted by atomic mass is 9.78. The van der Waals surface area contributed by atoms with Crippen LogP contribution >= 0.6 is 0 Å². The van der Waals surface area contributed by atoms with Crippen molar-refractivity contribution in [2.75, 3.05) is 12.4 Å². The molecule has 0 aliphatic carbocycles. The highest BCUT2D eigenvalue weighted by atomic mass is 19.2. The van der Waals surface area contributed by atoms with Crippen LogP contribution in [0.4, 0.5) is 14.5 Å². The Kier molecular flexibility index (Phi) is 6.13. The summed E-state index contributed by atoms with van der Waals surface area (Å²) in [4.78, 5) is 17.5. The van der Waals surface area contributed by atoms with E-state index in [0.29, 0.717) is 11.3 Å². The first kappa shape index (κ1) is 22.2. The smallest absolute Gasteiger partial charge is 0.254 e. The van der Waals surface area contributed by atoms with E-state index in [2.05, 4.69) is 10.3 Å². The van der Waals surface area contributed by atoms with Crippen molar-refractivity contribution in [1.82, 2.24) is 4.98 Å². The minimum atomic E-state index is -1.07. The molecule has 0 unspecified atom stereocenters. The summed E-state index contributed by atoms with van der Waals surface area (Å²) in [6.45, 7) is 9.76. The van der Waals surface area contributed by atoms with Crippen molar-refractivity contribution in [3.8, 4) is 5.75 Å². The van der Waals surface area contributed by atoms with Gasteiger partial charge in [0.25, 0.3) is 5.91 Å². The Morgan fingerprint density at radius 2 is 1.93 bits per heavy atom. The van der Waals surface area contributed by atoms with Crippen LogP contribution in [0.25, 0.3) is 0 Å². The molecule has 2 aromatic rings. The third-order valence-corrected chi connectivity index (χ3v) is 5.94. The van der Waals surface area contributed by atoms with Crippen molar-refractivity contribution in [3.05, 3.63) is 53.4 Å². The van der Waals surface area contributed by atoms with Crippen LogP contribution in [0.2, 0.25) is 0 Å². The van der Waals surface area contributed by atoms with E-state index in [0.717, 1.165) is 11.8 Å². The predicted molar refractivity (Wildman–Crippen MR) is 111 cm³/mol. The van der Waals surface area contributed by atoms with Crippen LogP contribution in [-0.2, 0) is 9.53 Å². The van der Waals surface area contributed by atoms with Crippen LogP contribution in [0.5, 0.6) is 5.75 Å². The molecule has 7 heteroatoms. The quantitative estimate of drug-likeness (QED) is 0.740. The molecule has 1 N–H and O–H groups in total. The van der Waals surface area contributed by atoms with Gasteiger partial charge in [0, 0.05) is 17.2 Å². The third kappa shape index (κ3) is 4.03. The minimum absolute atomic E-state index is 0.159. The van der Waals surface area contributed by atoms with E-state index in [1.165, 1.54) is 13.2 Å². The molecule has 1 aliphatic heterocycles. The number of carbonyl (C=O) groups excluding carboxylic acids is 1. The molecule has 1 amide bonds.